The van der Waals surface area contributed by atoms with Crippen LogP contribution in [0.5, 0.6) is 0 Å². The van der Waals surface area contributed by atoms with Gasteiger partial charge in [0.15, 0.2) is 5.60 Å². The lowest BCUT2D eigenvalue weighted by Gasteiger charge is -2.16. The Morgan fingerprint density at radius 1 is 1.67 bits per heavy atom. The van der Waals surface area contributed by atoms with Crippen molar-refractivity contribution in [3.8, 4) is 24.2 Å². The first-order chi connectivity index (χ1) is 4.27. The van der Waals surface area contributed by atoms with Crippen LogP contribution in [-0.4, -0.2) is 10.7 Å². The summed E-state index contributed by atoms with van der Waals surface area (Å²) in [6.45, 7) is 0. The first kappa shape index (κ1) is 6.20. The Hall–Kier alpha value is -0.920. The van der Waals surface area contributed by atoms with E-state index in [1.54, 1.807) is 0 Å². The van der Waals surface area contributed by atoms with E-state index in [4.69, 9.17) is 6.42 Å². The van der Waals surface area contributed by atoms with E-state index in [0.29, 0.717) is 6.42 Å². The average molecular weight is 120 g/mol. The monoisotopic (exact) mass is 120 g/mol. The maximum Gasteiger partial charge on any atom is 0.187 e. The van der Waals surface area contributed by atoms with Crippen molar-refractivity contribution in [2.24, 2.45) is 0 Å². The second-order valence-corrected chi connectivity index (χ2v) is 2.16. The summed E-state index contributed by atoms with van der Waals surface area (Å²) < 4.78 is 0. The van der Waals surface area contributed by atoms with Gasteiger partial charge in [0, 0.05) is 12.8 Å². The van der Waals surface area contributed by atoms with E-state index in [1.165, 1.54) is 0 Å². The summed E-state index contributed by atoms with van der Waals surface area (Å²) in [7, 11) is 0. The van der Waals surface area contributed by atoms with E-state index >= 15 is 0 Å². The highest BCUT2D eigenvalue weighted by Crippen LogP contribution is 2.15. The molecule has 1 unspecified atom stereocenters. The Labute approximate surface area is 55.1 Å². The SMILES string of the molecule is C#CC1(O)C#CCCC1. The van der Waals surface area contributed by atoms with Gasteiger partial charge >= 0.3 is 0 Å². The van der Waals surface area contributed by atoms with Gasteiger partial charge in [-0.05, 0) is 6.42 Å². The zero-order valence-electron chi connectivity index (χ0n) is 5.15. The first-order valence-electron chi connectivity index (χ1n) is 2.97. The zero-order chi connectivity index (χ0) is 6.74. The molecule has 0 aromatic heterocycles. The molecule has 1 atom stereocenters. The Balaban J connectivity index is 2.79. The third-order valence-electron chi connectivity index (χ3n) is 1.37. The minimum absolute atomic E-state index is 0.622. The molecule has 0 aromatic carbocycles. The highest BCUT2D eigenvalue weighted by atomic mass is 16.3. The molecule has 1 nitrogen and oxygen atoms in total. The molecule has 0 heterocycles. The highest BCUT2D eigenvalue weighted by Gasteiger charge is 2.21. The molecule has 0 saturated carbocycles. The van der Waals surface area contributed by atoms with Crippen LogP contribution in [0.1, 0.15) is 19.3 Å². The molecule has 0 saturated heterocycles. The predicted molar refractivity (Wildman–Crippen MR) is 35.4 cm³/mol. The Kier molecular flexibility index (Phi) is 1.47. The molecule has 0 bridgehead atoms. The average Bonchev–Trinajstić information content (AvgIpc) is 1.90. The molecule has 1 rings (SSSR count). The minimum atomic E-state index is -1.11. The van der Waals surface area contributed by atoms with Gasteiger partial charge in [0.1, 0.15) is 0 Å². The molecule has 1 heteroatoms. The molecular weight excluding hydrogens is 112 g/mol. The molecule has 0 radical (unpaired) electrons. The third kappa shape index (κ3) is 1.25. The fraction of sp³-hybridized carbons (Fsp3) is 0.500. The first-order valence-corrected chi connectivity index (χ1v) is 2.97. The van der Waals surface area contributed by atoms with Crippen LogP contribution in [-0.2, 0) is 0 Å². The molecule has 0 spiro atoms. The van der Waals surface area contributed by atoms with Gasteiger partial charge < -0.3 is 5.11 Å². The molecule has 9 heavy (non-hydrogen) atoms. The van der Waals surface area contributed by atoms with Crippen LogP contribution in [0.25, 0.3) is 0 Å². The molecule has 46 valence electrons. The largest absolute Gasteiger partial charge is 0.367 e. The van der Waals surface area contributed by atoms with Crippen molar-refractivity contribution in [3.05, 3.63) is 0 Å². The number of hydrogen-bond donors (Lipinski definition) is 1. The molecule has 0 fully saturated rings. The Morgan fingerprint density at radius 3 is 2.78 bits per heavy atom. The van der Waals surface area contributed by atoms with Gasteiger partial charge in [-0.25, -0.2) is 0 Å². The van der Waals surface area contributed by atoms with Crippen LogP contribution in [0, 0.1) is 24.2 Å². The molecule has 1 aliphatic rings. The van der Waals surface area contributed by atoms with E-state index in [9.17, 15) is 5.11 Å². The van der Waals surface area contributed by atoms with Gasteiger partial charge in [-0.1, -0.05) is 17.8 Å². The van der Waals surface area contributed by atoms with Crippen LogP contribution in [0.3, 0.4) is 0 Å². The summed E-state index contributed by atoms with van der Waals surface area (Å²) in [5.74, 6) is 7.66. The lowest BCUT2D eigenvalue weighted by Crippen LogP contribution is -2.25. The van der Waals surface area contributed by atoms with E-state index in [1.807, 2.05) is 0 Å². The van der Waals surface area contributed by atoms with E-state index in [2.05, 4.69) is 17.8 Å². The number of hydrogen-bond acceptors (Lipinski definition) is 1. The predicted octanol–water partition coefficient (Wildman–Crippen LogP) is 0.538. The maximum atomic E-state index is 9.27. The molecular formula is C8H8O. The summed E-state index contributed by atoms with van der Waals surface area (Å²) in [4.78, 5) is 0. The zero-order valence-corrected chi connectivity index (χ0v) is 5.15. The summed E-state index contributed by atoms with van der Waals surface area (Å²) in [6.07, 6.45) is 7.43. The van der Waals surface area contributed by atoms with E-state index < -0.39 is 5.60 Å². The minimum Gasteiger partial charge on any atom is -0.367 e. The smallest absolute Gasteiger partial charge is 0.187 e. The second kappa shape index (κ2) is 2.13. The molecule has 0 aromatic rings. The van der Waals surface area contributed by atoms with Crippen molar-refractivity contribution in [1.29, 1.82) is 0 Å². The number of terminal acetylenes is 1. The van der Waals surface area contributed by atoms with Crippen molar-refractivity contribution >= 4 is 0 Å². The van der Waals surface area contributed by atoms with Gasteiger partial charge in [-0.3, -0.25) is 0 Å². The Morgan fingerprint density at radius 2 is 2.44 bits per heavy atom. The molecule has 1 aliphatic carbocycles. The van der Waals surface area contributed by atoms with Crippen molar-refractivity contribution in [2.75, 3.05) is 0 Å². The van der Waals surface area contributed by atoms with Crippen LogP contribution >= 0.6 is 0 Å². The van der Waals surface area contributed by atoms with Crippen LogP contribution < -0.4 is 0 Å². The molecule has 0 amide bonds. The van der Waals surface area contributed by atoms with E-state index in [-0.39, 0.29) is 0 Å². The van der Waals surface area contributed by atoms with Crippen molar-refractivity contribution in [1.82, 2.24) is 0 Å². The fourth-order valence-corrected chi connectivity index (χ4v) is 0.812. The normalized spacial score (nSPS) is 32.0. The van der Waals surface area contributed by atoms with Crippen LogP contribution in [0.4, 0.5) is 0 Å². The summed E-state index contributed by atoms with van der Waals surface area (Å²) >= 11 is 0. The quantitative estimate of drug-likeness (QED) is 0.462. The summed E-state index contributed by atoms with van der Waals surface area (Å²) in [5, 5.41) is 9.27. The summed E-state index contributed by atoms with van der Waals surface area (Å²) in [6, 6.07) is 0. The standard InChI is InChI=1S/C8H8O/c1-2-8(9)6-4-3-5-7-8/h1,9H,3-4,6H2. The Bertz CT molecular complexity index is 201. The lowest BCUT2D eigenvalue weighted by molar-refractivity contribution is 0.147. The van der Waals surface area contributed by atoms with Crippen molar-refractivity contribution in [3.63, 3.8) is 0 Å². The second-order valence-electron chi connectivity index (χ2n) is 2.16. The third-order valence-corrected chi connectivity index (χ3v) is 1.37. The lowest BCUT2D eigenvalue weighted by atomic mass is 9.94. The topological polar surface area (TPSA) is 20.2 Å². The van der Waals surface area contributed by atoms with Crippen molar-refractivity contribution < 1.29 is 5.11 Å². The van der Waals surface area contributed by atoms with Crippen LogP contribution in [0.15, 0.2) is 0 Å². The van der Waals surface area contributed by atoms with Gasteiger partial charge in [0.25, 0.3) is 0 Å². The van der Waals surface area contributed by atoms with Gasteiger partial charge in [-0.15, -0.1) is 6.42 Å². The van der Waals surface area contributed by atoms with Gasteiger partial charge in [0.05, 0.1) is 0 Å². The number of rotatable bonds is 0. The number of aliphatic hydroxyl groups is 1. The maximum absolute atomic E-state index is 9.27. The van der Waals surface area contributed by atoms with Gasteiger partial charge in [-0.2, -0.15) is 0 Å². The highest BCUT2D eigenvalue weighted by molar-refractivity contribution is 5.28. The van der Waals surface area contributed by atoms with E-state index in [0.717, 1.165) is 12.8 Å². The van der Waals surface area contributed by atoms with Crippen LogP contribution in [0.2, 0.25) is 0 Å². The summed E-state index contributed by atoms with van der Waals surface area (Å²) in [5.41, 5.74) is -1.11. The molecule has 1 N–H and O–H groups in total. The van der Waals surface area contributed by atoms with Gasteiger partial charge in [0.2, 0.25) is 0 Å². The van der Waals surface area contributed by atoms with Crippen molar-refractivity contribution in [2.45, 2.75) is 24.9 Å². The molecule has 0 aliphatic heterocycles. The fourth-order valence-electron chi connectivity index (χ4n) is 0.812.